The molecule has 0 aliphatic heterocycles. The van der Waals surface area contributed by atoms with Crippen molar-refractivity contribution < 1.29 is 18.0 Å². The maximum absolute atomic E-state index is 13.8. The van der Waals surface area contributed by atoms with Crippen LogP contribution in [0, 0.1) is 0 Å². The topological polar surface area (TPSA) is 46.9 Å². The summed E-state index contributed by atoms with van der Waals surface area (Å²) in [6, 6.07) is 12.7. The largest absolute Gasteiger partial charge is 0.434 e. The van der Waals surface area contributed by atoms with Crippen molar-refractivity contribution in [3.8, 4) is 5.69 Å². The molecular weight excluding hydrogens is 403 g/mol. The lowest BCUT2D eigenvalue weighted by molar-refractivity contribution is -0.143. The van der Waals surface area contributed by atoms with Crippen LogP contribution in [-0.2, 0) is 11.6 Å². The van der Waals surface area contributed by atoms with E-state index in [0.29, 0.717) is 15.4 Å². The number of anilines is 1. The van der Waals surface area contributed by atoms with Crippen molar-refractivity contribution in [2.75, 3.05) is 5.32 Å². The van der Waals surface area contributed by atoms with Crippen LogP contribution in [0.4, 0.5) is 18.9 Å². The molecule has 0 aliphatic carbocycles. The molecule has 3 aromatic rings. The lowest BCUT2D eigenvalue weighted by Crippen LogP contribution is -2.22. The molecule has 4 nitrogen and oxygen atoms in total. The smallest absolute Gasteiger partial charge is 0.322 e. The summed E-state index contributed by atoms with van der Waals surface area (Å²) in [5.74, 6) is -0.880. The van der Waals surface area contributed by atoms with Crippen molar-refractivity contribution >= 4 is 23.2 Å². The number of amides is 1. The van der Waals surface area contributed by atoms with Gasteiger partial charge in [0.15, 0.2) is 5.69 Å². The van der Waals surface area contributed by atoms with Crippen LogP contribution in [0.25, 0.3) is 5.69 Å². The molecule has 0 atom stereocenters. The average Bonchev–Trinajstić information content (AvgIpc) is 3.07. The van der Waals surface area contributed by atoms with E-state index in [1.165, 1.54) is 24.3 Å². The third kappa shape index (κ3) is 4.45. The first kappa shape index (κ1) is 20.9. The highest BCUT2D eigenvalue weighted by atomic mass is 35.5. The van der Waals surface area contributed by atoms with Gasteiger partial charge in [0.1, 0.15) is 0 Å². The van der Waals surface area contributed by atoms with Crippen LogP contribution >= 0.6 is 11.6 Å². The molecule has 1 amide bonds. The Kier molecular flexibility index (Phi) is 5.45. The Hall–Kier alpha value is -2.80. The summed E-state index contributed by atoms with van der Waals surface area (Å²) in [6.07, 6.45) is -3.86. The summed E-state index contributed by atoms with van der Waals surface area (Å²) in [4.78, 5) is 12.8. The summed E-state index contributed by atoms with van der Waals surface area (Å²) in [5, 5.41) is 6.80. The Morgan fingerprint density at radius 1 is 1.03 bits per heavy atom. The van der Waals surface area contributed by atoms with Crippen molar-refractivity contribution in [2.24, 2.45) is 0 Å². The van der Waals surface area contributed by atoms with E-state index in [1.54, 1.807) is 12.1 Å². The number of nitrogens with one attached hydrogen (secondary N) is 1. The van der Waals surface area contributed by atoms with Gasteiger partial charge < -0.3 is 5.32 Å². The quantitative estimate of drug-likeness (QED) is 0.556. The first-order valence-electron chi connectivity index (χ1n) is 8.80. The predicted octanol–water partition coefficient (Wildman–Crippen LogP) is 6.09. The van der Waals surface area contributed by atoms with Crippen molar-refractivity contribution in [1.29, 1.82) is 0 Å². The SMILES string of the molecule is CC(C)(C)c1ccccc1NC(=O)c1cnn(-c2ccc(Cl)cc2)c1C(F)(F)F. The number of hydrogen-bond acceptors (Lipinski definition) is 2. The molecule has 0 spiro atoms. The molecule has 0 aliphatic rings. The Balaban J connectivity index is 2.04. The summed E-state index contributed by atoms with van der Waals surface area (Å²) in [6.45, 7) is 5.87. The van der Waals surface area contributed by atoms with E-state index in [0.717, 1.165) is 11.8 Å². The highest BCUT2D eigenvalue weighted by Crippen LogP contribution is 2.35. The zero-order valence-electron chi connectivity index (χ0n) is 16.0. The van der Waals surface area contributed by atoms with E-state index in [-0.39, 0.29) is 11.1 Å². The molecular formula is C21H19ClF3N3O. The molecule has 1 N–H and O–H groups in total. The second-order valence-electron chi connectivity index (χ2n) is 7.54. The van der Waals surface area contributed by atoms with Gasteiger partial charge in [-0.25, -0.2) is 4.68 Å². The van der Waals surface area contributed by atoms with Crippen LogP contribution in [0.2, 0.25) is 5.02 Å². The highest BCUT2D eigenvalue weighted by molar-refractivity contribution is 6.30. The number of carbonyl (C=O) groups excluding carboxylic acids is 1. The third-order valence-electron chi connectivity index (χ3n) is 4.34. The lowest BCUT2D eigenvalue weighted by atomic mass is 9.86. The lowest BCUT2D eigenvalue weighted by Gasteiger charge is -2.23. The predicted molar refractivity (Wildman–Crippen MR) is 107 cm³/mol. The molecule has 0 bridgehead atoms. The molecule has 1 heterocycles. The molecule has 0 saturated heterocycles. The summed E-state index contributed by atoms with van der Waals surface area (Å²) in [7, 11) is 0. The van der Waals surface area contributed by atoms with Crippen molar-refractivity contribution in [3.63, 3.8) is 0 Å². The Morgan fingerprint density at radius 3 is 2.24 bits per heavy atom. The number of para-hydroxylation sites is 1. The molecule has 0 saturated carbocycles. The summed E-state index contributed by atoms with van der Waals surface area (Å²) < 4.78 is 42.1. The van der Waals surface area contributed by atoms with Gasteiger partial charge in [0, 0.05) is 10.7 Å². The van der Waals surface area contributed by atoms with Gasteiger partial charge in [-0.3, -0.25) is 4.79 Å². The fourth-order valence-corrected chi connectivity index (χ4v) is 3.13. The second-order valence-corrected chi connectivity index (χ2v) is 7.98. The minimum absolute atomic E-state index is 0.149. The molecule has 152 valence electrons. The number of benzene rings is 2. The van der Waals surface area contributed by atoms with Gasteiger partial charge in [-0.1, -0.05) is 50.6 Å². The highest BCUT2D eigenvalue weighted by Gasteiger charge is 2.40. The molecule has 0 radical (unpaired) electrons. The maximum Gasteiger partial charge on any atom is 0.434 e. The minimum Gasteiger partial charge on any atom is -0.322 e. The van der Waals surface area contributed by atoms with Crippen LogP contribution in [0.15, 0.2) is 54.7 Å². The number of rotatable bonds is 3. The number of aromatic nitrogens is 2. The van der Waals surface area contributed by atoms with Crippen LogP contribution < -0.4 is 5.32 Å². The first-order chi connectivity index (χ1) is 13.5. The summed E-state index contributed by atoms with van der Waals surface area (Å²) in [5.41, 5.74) is -0.591. The van der Waals surface area contributed by atoms with E-state index in [1.807, 2.05) is 32.9 Å². The summed E-state index contributed by atoms with van der Waals surface area (Å²) >= 11 is 5.81. The van der Waals surface area contributed by atoms with Crippen LogP contribution in [0.1, 0.15) is 42.4 Å². The maximum atomic E-state index is 13.8. The normalized spacial score (nSPS) is 12.1. The van der Waals surface area contributed by atoms with Crippen LogP contribution in [0.3, 0.4) is 0 Å². The monoisotopic (exact) mass is 421 g/mol. The van der Waals surface area contributed by atoms with Crippen LogP contribution in [0.5, 0.6) is 0 Å². The fourth-order valence-electron chi connectivity index (χ4n) is 3.00. The molecule has 29 heavy (non-hydrogen) atoms. The number of nitrogens with zero attached hydrogens (tertiary/aromatic N) is 2. The van der Waals surface area contributed by atoms with Gasteiger partial charge in [0.25, 0.3) is 5.91 Å². The standard InChI is InChI=1S/C21H19ClF3N3O/c1-20(2,3)16-6-4-5-7-17(16)27-19(29)15-12-26-28(18(15)21(23,24)25)14-10-8-13(22)9-11-14/h4-12H,1-3H3,(H,27,29). The van der Waals surface area contributed by atoms with Gasteiger partial charge in [-0.2, -0.15) is 18.3 Å². The zero-order valence-corrected chi connectivity index (χ0v) is 16.8. The van der Waals surface area contributed by atoms with Crippen molar-refractivity contribution in [3.05, 3.63) is 76.6 Å². The Labute approximate surface area is 171 Å². The molecule has 2 aromatic carbocycles. The number of hydrogen-bond donors (Lipinski definition) is 1. The molecule has 0 unspecified atom stereocenters. The van der Waals surface area contributed by atoms with E-state index in [4.69, 9.17) is 11.6 Å². The fraction of sp³-hybridized carbons (Fsp3) is 0.238. The van der Waals surface area contributed by atoms with Gasteiger partial charge in [0.2, 0.25) is 0 Å². The number of carbonyl (C=O) groups is 1. The van der Waals surface area contributed by atoms with Gasteiger partial charge in [-0.05, 0) is 41.3 Å². The zero-order chi connectivity index (χ0) is 21.4. The first-order valence-corrected chi connectivity index (χ1v) is 9.18. The third-order valence-corrected chi connectivity index (χ3v) is 4.59. The van der Waals surface area contributed by atoms with E-state index < -0.39 is 23.3 Å². The van der Waals surface area contributed by atoms with Gasteiger partial charge >= 0.3 is 6.18 Å². The molecule has 1 aromatic heterocycles. The second kappa shape index (κ2) is 7.55. The van der Waals surface area contributed by atoms with Crippen LogP contribution in [-0.4, -0.2) is 15.7 Å². The number of alkyl halides is 3. The van der Waals surface area contributed by atoms with Gasteiger partial charge in [0.05, 0.1) is 17.4 Å². The molecule has 8 heteroatoms. The Morgan fingerprint density at radius 2 is 1.66 bits per heavy atom. The molecule has 3 rings (SSSR count). The van der Waals surface area contributed by atoms with Gasteiger partial charge in [-0.15, -0.1) is 0 Å². The van der Waals surface area contributed by atoms with E-state index in [9.17, 15) is 18.0 Å². The van der Waals surface area contributed by atoms with Crippen molar-refractivity contribution in [2.45, 2.75) is 32.4 Å². The number of halogens is 4. The van der Waals surface area contributed by atoms with E-state index >= 15 is 0 Å². The molecule has 0 fully saturated rings. The average molecular weight is 422 g/mol. The van der Waals surface area contributed by atoms with E-state index in [2.05, 4.69) is 10.4 Å². The minimum atomic E-state index is -4.79. The Bertz CT molecular complexity index is 1030. The van der Waals surface area contributed by atoms with Crippen molar-refractivity contribution in [1.82, 2.24) is 9.78 Å².